The van der Waals surface area contributed by atoms with Gasteiger partial charge >= 0.3 is 11.8 Å². The zero-order valence-corrected chi connectivity index (χ0v) is 14.3. The molecule has 0 aliphatic heterocycles. The van der Waals surface area contributed by atoms with Crippen LogP contribution in [0.1, 0.15) is 16.7 Å². The van der Waals surface area contributed by atoms with E-state index >= 15 is 0 Å². The summed E-state index contributed by atoms with van der Waals surface area (Å²) in [5.41, 5.74) is 1.38. The van der Waals surface area contributed by atoms with Crippen LogP contribution >= 0.6 is 0 Å². The summed E-state index contributed by atoms with van der Waals surface area (Å²) in [6.45, 7) is 1.76. The van der Waals surface area contributed by atoms with Gasteiger partial charge in [-0.15, -0.1) is 0 Å². The number of methoxy groups -OCH3 is 1. The number of ether oxygens (including phenoxy) is 2. The maximum absolute atomic E-state index is 11.6. The quantitative estimate of drug-likeness (QED) is 0.502. The molecule has 0 bridgehead atoms. The van der Waals surface area contributed by atoms with Crippen LogP contribution in [0.2, 0.25) is 0 Å². The number of nitrogens with zero attached hydrogens (tertiary/aromatic N) is 2. The molecule has 0 saturated carbocycles. The number of amides is 1. The molecule has 2 aromatic rings. The van der Waals surface area contributed by atoms with E-state index in [1.54, 1.807) is 6.92 Å². The van der Waals surface area contributed by atoms with Crippen LogP contribution in [-0.2, 0) is 11.3 Å². The fourth-order valence-corrected chi connectivity index (χ4v) is 2.09. The van der Waals surface area contributed by atoms with E-state index in [4.69, 9.17) is 9.47 Å². The molecule has 8 nitrogen and oxygen atoms in total. The Morgan fingerprint density at radius 2 is 2.08 bits per heavy atom. The lowest BCUT2D eigenvalue weighted by molar-refractivity contribution is -0.386. The highest BCUT2D eigenvalue weighted by Gasteiger charge is 2.21. The van der Waals surface area contributed by atoms with Gasteiger partial charge in [0.2, 0.25) is 0 Å². The lowest BCUT2D eigenvalue weighted by atomic mass is 10.1. The molecule has 0 spiro atoms. The lowest BCUT2D eigenvalue weighted by Gasteiger charge is -2.05. The predicted molar refractivity (Wildman–Crippen MR) is 93.7 cm³/mol. The lowest BCUT2D eigenvalue weighted by Crippen LogP contribution is -2.24. The standard InChI is InChI=1S/C18H17N3O5/c1-13-15(11-20-17(25-2)16(13)21(23)24)9-6-10-19-18(22)26-12-14-7-4-3-5-8-14/h3-5,7-8,11H,10,12H2,1-2H3,(H,19,22). The van der Waals surface area contributed by atoms with Crippen LogP contribution in [0.5, 0.6) is 5.88 Å². The van der Waals surface area contributed by atoms with Gasteiger partial charge in [0.1, 0.15) is 6.61 Å². The monoisotopic (exact) mass is 355 g/mol. The van der Waals surface area contributed by atoms with Crippen LogP contribution in [0.3, 0.4) is 0 Å². The van der Waals surface area contributed by atoms with Gasteiger partial charge in [-0.25, -0.2) is 9.78 Å². The van der Waals surface area contributed by atoms with Gasteiger partial charge in [-0.05, 0) is 12.5 Å². The molecule has 26 heavy (non-hydrogen) atoms. The van der Waals surface area contributed by atoms with Crippen LogP contribution in [0.4, 0.5) is 10.5 Å². The Bertz CT molecular complexity index is 856. The molecular weight excluding hydrogens is 338 g/mol. The maximum atomic E-state index is 11.6. The first-order chi connectivity index (χ1) is 12.5. The maximum Gasteiger partial charge on any atom is 0.408 e. The third kappa shape index (κ3) is 4.95. The van der Waals surface area contributed by atoms with Crippen molar-refractivity contribution in [2.75, 3.05) is 13.7 Å². The minimum atomic E-state index is -0.598. The van der Waals surface area contributed by atoms with Crippen molar-refractivity contribution >= 4 is 11.8 Å². The van der Waals surface area contributed by atoms with Gasteiger partial charge in [0, 0.05) is 11.8 Å². The highest BCUT2D eigenvalue weighted by molar-refractivity contribution is 5.67. The van der Waals surface area contributed by atoms with Gasteiger partial charge in [-0.1, -0.05) is 42.2 Å². The second kappa shape index (κ2) is 9.03. The third-order valence-corrected chi connectivity index (χ3v) is 3.41. The van der Waals surface area contributed by atoms with Crippen molar-refractivity contribution < 1.29 is 19.2 Å². The molecule has 1 aromatic heterocycles. The van der Waals surface area contributed by atoms with E-state index in [2.05, 4.69) is 22.1 Å². The highest BCUT2D eigenvalue weighted by Crippen LogP contribution is 2.29. The zero-order valence-electron chi connectivity index (χ0n) is 14.3. The van der Waals surface area contributed by atoms with Crippen molar-refractivity contribution in [3.8, 4) is 17.7 Å². The Labute approximate surface area is 150 Å². The number of carbonyl (C=O) groups is 1. The second-order valence-corrected chi connectivity index (χ2v) is 5.13. The molecule has 0 aliphatic carbocycles. The number of carbonyl (C=O) groups excluding carboxylic acids is 1. The summed E-state index contributed by atoms with van der Waals surface area (Å²) in [4.78, 5) is 26.0. The summed E-state index contributed by atoms with van der Waals surface area (Å²) in [6, 6.07) is 9.28. The van der Waals surface area contributed by atoms with Crippen molar-refractivity contribution in [1.29, 1.82) is 0 Å². The first-order valence-corrected chi connectivity index (χ1v) is 7.64. The second-order valence-electron chi connectivity index (χ2n) is 5.13. The predicted octanol–water partition coefficient (Wildman–Crippen LogP) is 2.58. The molecule has 1 aromatic carbocycles. The molecule has 8 heteroatoms. The van der Waals surface area contributed by atoms with Gasteiger partial charge in [-0.3, -0.25) is 10.1 Å². The molecule has 0 saturated heterocycles. The normalized spacial score (nSPS) is 9.62. The number of aromatic nitrogens is 1. The molecule has 1 amide bonds. The molecule has 0 aliphatic rings. The number of nitrogens with one attached hydrogen (secondary N) is 1. The van der Waals surface area contributed by atoms with Gasteiger partial charge in [0.05, 0.1) is 24.1 Å². The Kier molecular flexibility index (Phi) is 6.51. The number of alkyl carbamates (subject to hydrolysis) is 1. The molecule has 2 rings (SSSR count). The number of nitro groups is 1. The van der Waals surface area contributed by atoms with Crippen LogP contribution in [0.15, 0.2) is 36.5 Å². The first-order valence-electron chi connectivity index (χ1n) is 7.64. The number of rotatable bonds is 5. The largest absolute Gasteiger partial charge is 0.476 e. The van der Waals surface area contributed by atoms with Gasteiger partial charge in [-0.2, -0.15) is 0 Å². The van der Waals surface area contributed by atoms with E-state index in [0.29, 0.717) is 11.1 Å². The average Bonchev–Trinajstić information content (AvgIpc) is 2.64. The molecule has 1 heterocycles. The minimum absolute atomic E-state index is 0.0346. The van der Waals surface area contributed by atoms with Crippen molar-refractivity contribution in [1.82, 2.24) is 10.3 Å². The summed E-state index contributed by atoms with van der Waals surface area (Å²) in [6.07, 6.45) is 0.792. The van der Waals surface area contributed by atoms with E-state index in [1.165, 1.54) is 13.3 Å². The summed E-state index contributed by atoms with van der Waals surface area (Å²) < 4.78 is 9.94. The topological polar surface area (TPSA) is 104 Å². The fourth-order valence-electron chi connectivity index (χ4n) is 2.09. The summed E-state index contributed by atoms with van der Waals surface area (Å²) >= 11 is 0. The Morgan fingerprint density at radius 1 is 1.35 bits per heavy atom. The molecule has 0 fully saturated rings. The van der Waals surface area contributed by atoms with Gasteiger partial charge in [0.15, 0.2) is 0 Å². The van der Waals surface area contributed by atoms with E-state index < -0.39 is 11.0 Å². The Hall–Kier alpha value is -3.60. The van der Waals surface area contributed by atoms with Crippen LogP contribution in [0, 0.1) is 28.9 Å². The molecule has 0 unspecified atom stereocenters. The summed E-state index contributed by atoms with van der Waals surface area (Å²) in [5.74, 6) is 5.39. The van der Waals surface area contributed by atoms with Crippen LogP contribution in [-0.4, -0.2) is 29.7 Å². The Morgan fingerprint density at radius 3 is 2.73 bits per heavy atom. The van der Waals surface area contributed by atoms with Crippen molar-refractivity contribution in [2.45, 2.75) is 13.5 Å². The summed E-state index contributed by atoms with van der Waals surface area (Å²) in [5, 5.41) is 13.6. The number of hydrogen-bond acceptors (Lipinski definition) is 6. The SMILES string of the molecule is COc1ncc(C#CCNC(=O)OCc2ccccc2)c(C)c1[N+](=O)[O-]. The average molecular weight is 355 g/mol. The van der Waals surface area contributed by atoms with Crippen molar-refractivity contribution in [3.05, 3.63) is 63.3 Å². The van der Waals surface area contributed by atoms with Crippen molar-refractivity contribution in [2.24, 2.45) is 0 Å². The van der Waals surface area contributed by atoms with E-state index in [0.717, 1.165) is 5.56 Å². The molecule has 134 valence electrons. The van der Waals surface area contributed by atoms with E-state index in [1.807, 2.05) is 30.3 Å². The van der Waals surface area contributed by atoms with Crippen molar-refractivity contribution in [3.63, 3.8) is 0 Å². The number of pyridine rings is 1. The van der Waals surface area contributed by atoms with E-state index in [9.17, 15) is 14.9 Å². The highest BCUT2D eigenvalue weighted by atomic mass is 16.6. The molecular formula is C18H17N3O5. The van der Waals surface area contributed by atoms with Gasteiger partial charge < -0.3 is 14.8 Å². The Balaban J connectivity index is 1.92. The van der Waals surface area contributed by atoms with Crippen LogP contribution in [0.25, 0.3) is 0 Å². The number of hydrogen-bond donors (Lipinski definition) is 1. The number of benzene rings is 1. The molecule has 0 radical (unpaired) electrons. The van der Waals surface area contributed by atoms with Crippen LogP contribution < -0.4 is 10.1 Å². The fraction of sp³-hybridized carbons (Fsp3) is 0.222. The van der Waals surface area contributed by atoms with Gasteiger partial charge in [0.25, 0.3) is 5.88 Å². The smallest absolute Gasteiger partial charge is 0.408 e. The molecule has 1 N–H and O–H groups in total. The molecule has 0 atom stereocenters. The zero-order chi connectivity index (χ0) is 18.9. The minimum Gasteiger partial charge on any atom is -0.476 e. The third-order valence-electron chi connectivity index (χ3n) is 3.41. The summed E-state index contributed by atoms with van der Waals surface area (Å²) in [7, 11) is 1.31. The first kappa shape index (κ1) is 18.7. The van der Waals surface area contributed by atoms with E-state index in [-0.39, 0.29) is 24.7 Å².